The van der Waals surface area contributed by atoms with Crippen molar-refractivity contribution in [3.63, 3.8) is 0 Å². The Balaban J connectivity index is 2.65. The van der Waals surface area contributed by atoms with E-state index >= 15 is 0 Å². The fourth-order valence-electron chi connectivity index (χ4n) is 1.43. The zero-order valence-corrected chi connectivity index (χ0v) is 9.57. The lowest BCUT2D eigenvalue weighted by Gasteiger charge is -2.13. The van der Waals surface area contributed by atoms with Crippen molar-refractivity contribution in [3.8, 4) is 0 Å². The van der Waals surface area contributed by atoms with Gasteiger partial charge in [0, 0.05) is 25.4 Å². The number of nitrogens with one attached hydrogen (secondary N) is 1. The minimum absolute atomic E-state index is 0.0404. The van der Waals surface area contributed by atoms with Crippen LogP contribution in [0, 0.1) is 6.92 Å². The Kier molecular flexibility index (Phi) is 3.85. The number of rotatable bonds is 4. The predicted molar refractivity (Wildman–Crippen MR) is 56.4 cm³/mol. The van der Waals surface area contributed by atoms with E-state index in [1.165, 1.54) is 7.11 Å². The molecule has 0 aliphatic rings. The van der Waals surface area contributed by atoms with E-state index in [9.17, 15) is 4.79 Å². The van der Waals surface area contributed by atoms with Crippen molar-refractivity contribution in [2.45, 2.75) is 19.9 Å². The van der Waals surface area contributed by atoms with E-state index in [0.29, 0.717) is 0 Å². The Morgan fingerprint density at radius 1 is 1.73 bits per heavy atom. The molecule has 0 fully saturated rings. The number of ether oxygens (including phenoxy) is 1. The second kappa shape index (κ2) is 4.93. The van der Waals surface area contributed by atoms with Gasteiger partial charge in [-0.15, -0.1) is 0 Å². The molecule has 0 radical (unpaired) electrons. The lowest BCUT2D eigenvalue weighted by atomic mass is 10.1. The van der Waals surface area contributed by atoms with Crippen LogP contribution in [0.25, 0.3) is 0 Å². The molecule has 1 rings (SSSR count). The molecular formula is C10H17N3O2. The number of methoxy groups -OCH3 is 1. The SMILES string of the molecule is COCC(=O)N[C@H](C)c1cnn(C)c1C. The van der Waals surface area contributed by atoms with Gasteiger partial charge in [0.25, 0.3) is 0 Å². The summed E-state index contributed by atoms with van der Waals surface area (Å²) in [5.41, 5.74) is 2.09. The molecule has 0 aliphatic carbocycles. The molecule has 0 unspecified atom stereocenters. The summed E-state index contributed by atoms with van der Waals surface area (Å²) in [6, 6.07) is -0.0404. The second-order valence-electron chi connectivity index (χ2n) is 3.53. The van der Waals surface area contributed by atoms with E-state index in [2.05, 4.69) is 10.4 Å². The molecular weight excluding hydrogens is 194 g/mol. The van der Waals surface area contributed by atoms with Crippen molar-refractivity contribution >= 4 is 5.91 Å². The molecule has 0 saturated heterocycles. The number of carbonyl (C=O) groups is 1. The van der Waals surface area contributed by atoms with Crippen molar-refractivity contribution in [2.24, 2.45) is 7.05 Å². The highest BCUT2D eigenvalue weighted by atomic mass is 16.5. The number of hydrogen-bond donors (Lipinski definition) is 1. The summed E-state index contributed by atoms with van der Waals surface area (Å²) in [6.07, 6.45) is 1.77. The maximum absolute atomic E-state index is 11.3. The van der Waals surface area contributed by atoms with E-state index in [0.717, 1.165) is 11.3 Å². The van der Waals surface area contributed by atoms with Gasteiger partial charge in [0.2, 0.25) is 5.91 Å². The van der Waals surface area contributed by atoms with Gasteiger partial charge in [-0.05, 0) is 13.8 Å². The molecule has 84 valence electrons. The summed E-state index contributed by atoms with van der Waals surface area (Å²) < 4.78 is 6.53. The summed E-state index contributed by atoms with van der Waals surface area (Å²) in [5.74, 6) is -0.117. The van der Waals surface area contributed by atoms with Crippen molar-refractivity contribution in [1.29, 1.82) is 0 Å². The normalized spacial score (nSPS) is 12.5. The molecule has 0 spiro atoms. The van der Waals surface area contributed by atoms with Crippen LogP contribution in [0.4, 0.5) is 0 Å². The lowest BCUT2D eigenvalue weighted by Crippen LogP contribution is -2.30. The third-order valence-electron chi connectivity index (χ3n) is 2.39. The van der Waals surface area contributed by atoms with Gasteiger partial charge < -0.3 is 10.1 Å². The number of hydrogen-bond acceptors (Lipinski definition) is 3. The first-order valence-corrected chi connectivity index (χ1v) is 4.83. The van der Waals surface area contributed by atoms with Crippen LogP contribution in [0.2, 0.25) is 0 Å². The van der Waals surface area contributed by atoms with Crippen molar-refractivity contribution in [2.75, 3.05) is 13.7 Å². The van der Waals surface area contributed by atoms with Crippen LogP contribution in [-0.2, 0) is 16.6 Å². The maximum Gasteiger partial charge on any atom is 0.246 e. The first-order valence-electron chi connectivity index (χ1n) is 4.83. The summed E-state index contributed by atoms with van der Waals surface area (Å²) in [7, 11) is 3.38. The molecule has 0 bridgehead atoms. The van der Waals surface area contributed by atoms with Gasteiger partial charge >= 0.3 is 0 Å². The molecule has 15 heavy (non-hydrogen) atoms. The van der Waals surface area contributed by atoms with Gasteiger partial charge in [-0.1, -0.05) is 0 Å². The summed E-state index contributed by atoms with van der Waals surface area (Å²) in [6.45, 7) is 3.99. The fourth-order valence-corrected chi connectivity index (χ4v) is 1.43. The van der Waals surface area contributed by atoms with Crippen LogP contribution in [0.3, 0.4) is 0 Å². The Bertz CT molecular complexity index is 346. The van der Waals surface area contributed by atoms with Gasteiger partial charge in [-0.3, -0.25) is 9.48 Å². The van der Waals surface area contributed by atoms with Crippen LogP contribution < -0.4 is 5.32 Å². The van der Waals surface area contributed by atoms with Gasteiger partial charge in [-0.2, -0.15) is 5.10 Å². The van der Waals surface area contributed by atoms with Crippen LogP contribution in [0.1, 0.15) is 24.2 Å². The number of aryl methyl sites for hydroxylation is 1. The molecule has 5 nitrogen and oxygen atoms in total. The van der Waals surface area contributed by atoms with Crippen molar-refractivity contribution in [3.05, 3.63) is 17.5 Å². The molecule has 1 atom stereocenters. The lowest BCUT2D eigenvalue weighted by molar-refractivity contribution is -0.125. The highest BCUT2D eigenvalue weighted by Crippen LogP contribution is 2.15. The van der Waals surface area contributed by atoms with Gasteiger partial charge in [0.1, 0.15) is 6.61 Å². The number of nitrogens with zero attached hydrogens (tertiary/aromatic N) is 2. The highest BCUT2D eigenvalue weighted by Gasteiger charge is 2.13. The van der Waals surface area contributed by atoms with Crippen LogP contribution in [0.15, 0.2) is 6.20 Å². The van der Waals surface area contributed by atoms with E-state index in [1.807, 2.05) is 20.9 Å². The largest absolute Gasteiger partial charge is 0.375 e. The summed E-state index contributed by atoms with van der Waals surface area (Å²) in [4.78, 5) is 11.3. The van der Waals surface area contributed by atoms with Crippen molar-refractivity contribution < 1.29 is 9.53 Å². The van der Waals surface area contributed by atoms with E-state index in [4.69, 9.17) is 4.74 Å². The maximum atomic E-state index is 11.3. The Hall–Kier alpha value is -1.36. The van der Waals surface area contributed by atoms with Gasteiger partial charge in [-0.25, -0.2) is 0 Å². The average molecular weight is 211 g/mol. The second-order valence-corrected chi connectivity index (χ2v) is 3.53. The van der Waals surface area contributed by atoms with E-state index in [1.54, 1.807) is 10.9 Å². The fraction of sp³-hybridized carbons (Fsp3) is 0.600. The number of aromatic nitrogens is 2. The Morgan fingerprint density at radius 2 is 2.40 bits per heavy atom. The zero-order valence-electron chi connectivity index (χ0n) is 9.57. The molecule has 0 aromatic carbocycles. The van der Waals surface area contributed by atoms with Gasteiger partial charge in [0.05, 0.1) is 12.2 Å². The van der Waals surface area contributed by atoms with Crippen LogP contribution in [0.5, 0.6) is 0 Å². The predicted octanol–water partition coefficient (Wildman–Crippen LogP) is 0.552. The average Bonchev–Trinajstić information content (AvgIpc) is 2.48. The molecule has 1 aromatic rings. The molecule has 1 aromatic heterocycles. The van der Waals surface area contributed by atoms with E-state index in [-0.39, 0.29) is 18.6 Å². The van der Waals surface area contributed by atoms with Crippen LogP contribution in [-0.4, -0.2) is 29.4 Å². The molecule has 0 saturated carbocycles. The van der Waals surface area contributed by atoms with Crippen molar-refractivity contribution in [1.82, 2.24) is 15.1 Å². The molecule has 5 heteroatoms. The molecule has 1 amide bonds. The Morgan fingerprint density at radius 3 is 2.87 bits per heavy atom. The topological polar surface area (TPSA) is 56.1 Å². The standard InChI is InChI=1S/C10H17N3O2/c1-7(12-10(14)6-15-4)9-5-11-13(3)8(9)2/h5,7H,6H2,1-4H3,(H,12,14)/t7-/m1/s1. The monoisotopic (exact) mass is 211 g/mol. The third-order valence-corrected chi connectivity index (χ3v) is 2.39. The smallest absolute Gasteiger partial charge is 0.246 e. The van der Waals surface area contributed by atoms with E-state index < -0.39 is 0 Å². The molecule has 1 heterocycles. The zero-order chi connectivity index (χ0) is 11.4. The quantitative estimate of drug-likeness (QED) is 0.791. The third kappa shape index (κ3) is 2.79. The first-order chi connectivity index (χ1) is 7.06. The number of amides is 1. The van der Waals surface area contributed by atoms with Gasteiger partial charge in [0.15, 0.2) is 0 Å². The minimum Gasteiger partial charge on any atom is -0.375 e. The minimum atomic E-state index is -0.117. The number of carbonyl (C=O) groups excluding carboxylic acids is 1. The summed E-state index contributed by atoms with van der Waals surface area (Å²) >= 11 is 0. The van der Waals surface area contributed by atoms with Crippen LogP contribution >= 0.6 is 0 Å². The highest BCUT2D eigenvalue weighted by molar-refractivity contribution is 5.77. The molecule has 0 aliphatic heterocycles. The summed E-state index contributed by atoms with van der Waals surface area (Å²) in [5, 5.41) is 6.96. The first kappa shape index (κ1) is 11.7. The Labute approximate surface area is 89.4 Å². The molecule has 1 N–H and O–H groups in total.